The van der Waals surface area contributed by atoms with Gasteiger partial charge >= 0.3 is 0 Å². The number of anilines is 1. The number of thiocarbonyl (C=S) groups is 1. The zero-order valence-corrected chi connectivity index (χ0v) is 15.0. The van der Waals surface area contributed by atoms with Gasteiger partial charge < -0.3 is 20.1 Å². The first-order valence-electron chi connectivity index (χ1n) is 8.12. The summed E-state index contributed by atoms with van der Waals surface area (Å²) in [6.07, 6.45) is 0.287. The average Bonchev–Trinajstić information content (AvgIpc) is 2.61. The van der Waals surface area contributed by atoms with Crippen LogP contribution < -0.4 is 15.4 Å². The smallest absolute Gasteiger partial charge is 0.230 e. The van der Waals surface area contributed by atoms with Crippen LogP contribution in [0.25, 0.3) is 0 Å². The molecule has 132 valence electrons. The van der Waals surface area contributed by atoms with Crippen LogP contribution in [-0.2, 0) is 16.0 Å². The van der Waals surface area contributed by atoms with E-state index in [9.17, 15) is 4.79 Å². The highest BCUT2D eigenvalue weighted by atomic mass is 32.1. The molecule has 0 aliphatic rings. The molecule has 0 aliphatic carbocycles. The van der Waals surface area contributed by atoms with Crippen molar-refractivity contribution in [3.05, 3.63) is 60.2 Å². The van der Waals surface area contributed by atoms with Crippen LogP contribution in [0.15, 0.2) is 54.6 Å². The number of carbonyl (C=O) groups is 1. The molecule has 25 heavy (non-hydrogen) atoms. The predicted molar refractivity (Wildman–Crippen MR) is 103 cm³/mol. The van der Waals surface area contributed by atoms with Gasteiger partial charge in [-0.1, -0.05) is 30.3 Å². The van der Waals surface area contributed by atoms with E-state index in [1.165, 1.54) is 0 Å². The Kier molecular flexibility index (Phi) is 7.88. The number of hydrogen-bond acceptors (Lipinski definition) is 4. The molecule has 0 spiro atoms. The Hall–Kier alpha value is -2.44. The third-order valence-electron chi connectivity index (χ3n) is 3.27. The van der Waals surface area contributed by atoms with Crippen molar-refractivity contribution in [2.24, 2.45) is 0 Å². The molecule has 5 nitrogen and oxygen atoms in total. The summed E-state index contributed by atoms with van der Waals surface area (Å²) >= 11 is 5.17. The first kappa shape index (κ1) is 18.9. The molecule has 0 heterocycles. The number of hydrogen-bond donors (Lipinski definition) is 2. The zero-order valence-electron chi connectivity index (χ0n) is 14.2. The lowest BCUT2D eigenvalue weighted by atomic mass is 10.1. The minimum atomic E-state index is -0.153. The predicted octanol–water partition coefficient (Wildman–Crippen LogP) is 3.16. The maximum atomic E-state index is 12.0. The second kappa shape index (κ2) is 10.4. The highest BCUT2D eigenvalue weighted by Crippen LogP contribution is 2.15. The van der Waals surface area contributed by atoms with Gasteiger partial charge in [-0.3, -0.25) is 4.79 Å². The molecule has 0 saturated carbocycles. The van der Waals surface area contributed by atoms with Crippen molar-refractivity contribution in [1.29, 1.82) is 0 Å². The Morgan fingerprint density at radius 1 is 1.04 bits per heavy atom. The molecule has 2 N–H and O–H groups in total. The van der Waals surface area contributed by atoms with E-state index in [0.717, 1.165) is 17.0 Å². The SMILES string of the molecule is CCOCCOc1ccc(NC(=S)NC(=O)Cc2ccccc2)cc1. The van der Waals surface area contributed by atoms with Gasteiger partial charge in [-0.15, -0.1) is 0 Å². The Balaban J connectivity index is 1.75. The summed E-state index contributed by atoms with van der Waals surface area (Å²) in [4.78, 5) is 12.0. The van der Waals surface area contributed by atoms with Crippen molar-refractivity contribution >= 4 is 28.9 Å². The number of nitrogens with one attached hydrogen (secondary N) is 2. The van der Waals surface area contributed by atoms with E-state index in [4.69, 9.17) is 21.7 Å². The fourth-order valence-corrected chi connectivity index (χ4v) is 2.34. The largest absolute Gasteiger partial charge is 0.491 e. The molecule has 6 heteroatoms. The molecule has 2 rings (SSSR count). The second-order valence-electron chi connectivity index (χ2n) is 5.23. The van der Waals surface area contributed by atoms with Crippen molar-refractivity contribution in [2.45, 2.75) is 13.3 Å². The van der Waals surface area contributed by atoms with Gasteiger partial charge in [0.05, 0.1) is 13.0 Å². The minimum Gasteiger partial charge on any atom is -0.491 e. The quantitative estimate of drug-likeness (QED) is 0.561. The molecule has 0 unspecified atom stereocenters. The summed E-state index contributed by atoms with van der Waals surface area (Å²) in [6.45, 7) is 3.70. The Morgan fingerprint density at radius 3 is 2.44 bits per heavy atom. The summed E-state index contributed by atoms with van der Waals surface area (Å²) in [5.74, 6) is 0.601. The monoisotopic (exact) mass is 358 g/mol. The normalized spacial score (nSPS) is 10.1. The van der Waals surface area contributed by atoms with Crippen LogP contribution in [0.3, 0.4) is 0 Å². The third-order valence-corrected chi connectivity index (χ3v) is 3.48. The van der Waals surface area contributed by atoms with Gasteiger partial charge in [0.25, 0.3) is 0 Å². The van der Waals surface area contributed by atoms with Crippen LogP contribution in [0.2, 0.25) is 0 Å². The molecule has 0 atom stereocenters. The van der Waals surface area contributed by atoms with Gasteiger partial charge in [-0.2, -0.15) is 0 Å². The highest BCUT2D eigenvalue weighted by molar-refractivity contribution is 7.80. The first-order chi connectivity index (χ1) is 12.2. The number of ether oxygens (including phenoxy) is 2. The van der Waals surface area contributed by atoms with E-state index >= 15 is 0 Å². The minimum absolute atomic E-state index is 0.153. The third kappa shape index (κ3) is 7.32. The number of rotatable bonds is 8. The van der Waals surface area contributed by atoms with Gasteiger partial charge in [0.15, 0.2) is 5.11 Å². The molecule has 1 amide bonds. The van der Waals surface area contributed by atoms with Crippen LogP contribution >= 0.6 is 12.2 Å². The van der Waals surface area contributed by atoms with E-state index in [-0.39, 0.29) is 17.4 Å². The van der Waals surface area contributed by atoms with Crippen LogP contribution in [-0.4, -0.2) is 30.8 Å². The van der Waals surface area contributed by atoms with E-state index in [0.29, 0.717) is 19.8 Å². The fraction of sp³-hybridized carbons (Fsp3) is 0.263. The lowest BCUT2D eigenvalue weighted by molar-refractivity contribution is -0.119. The van der Waals surface area contributed by atoms with Crippen molar-refractivity contribution in [2.75, 3.05) is 25.1 Å². The van der Waals surface area contributed by atoms with E-state index < -0.39 is 0 Å². The van der Waals surface area contributed by atoms with Crippen molar-refractivity contribution in [1.82, 2.24) is 5.32 Å². The Bertz CT molecular complexity index is 675. The summed E-state index contributed by atoms with van der Waals surface area (Å²) in [6, 6.07) is 16.9. The lowest BCUT2D eigenvalue weighted by Gasteiger charge is -2.11. The molecule has 2 aromatic carbocycles. The molecular weight excluding hydrogens is 336 g/mol. The highest BCUT2D eigenvalue weighted by Gasteiger charge is 2.06. The lowest BCUT2D eigenvalue weighted by Crippen LogP contribution is -2.35. The van der Waals surface area contributed by atoms with Gasteiger partial charge in [-0.25, -0.2) is 0 Å². The second-order valence-corrected chi connectivity index (χ2v) is 5.64. The molecule has 2 aromatic rings. The van der Waals surface area contributed by atoms with Gasteiger partial charge in [0.1, 0.15) is 12.4 Å². The molecule has 0 aliphatic heterocycles. The molecule has 0 saturated heterocycles. The van der Waals surface area contributed by atoms with E-state index in [2.05, 4.69) is 10.6 Å². The molecule has 0 radical (unpaired) electrons. The Labute approximate surface area is 153 Å². The van der Waals surface area contributed by atoms with Crippen LogP contribution in [0.5, 0.6) is 5.75 Å². The topological polar surface area (TPSA) is 59.6 Å². The number of amides is 1. The van der Waals surface area contributed by atoms with Gasteiger partial charge in [0.2, 0.25) is 5.91 Å². The van der Waals surface area contributed by atoms with Gasteiger partial charge in [0, 0.05) is 12.3 Å². The van der Waals surface area contributed by atoms with Crippen LogP contribution in [0, 0.1) is 0 Å². The number of carbonyl (C=O) groups excluding carboxylic acids is 1. The summed E-state index contributed by atoms with van der Waals surface area (Å²) in [7, 11) is 0. The van der Waals surface area contributed by atoms with Crippen LogP contribution in [0.1, 0.15) is 12.5 Å². The maximum absolute atomic E-state index is 12.0. The molecule has 0 fully saturated rings. The summed E-state index contributed by atoms with van der Waals surface area (Å²) < 4.78 is 10.8. The Morgan fingerprint density at radius 2 is 1.76 bits per heavy atom. The molecule has 0 bridgehead atoms. The van der Waals surface area contributed by atoms with Crippen LogP contribution in [0.4, 0.5) is 5.69 Å². The van der Waals surface area contributed by atoms with Crippen molar-refractivity contribution < 1.29 is 14.3 Å². The van der Waals surface area contributed by atoms with E-state index in [1.54, 1.807) is 0 Å². The fourth-order valence-electron chi connectivity index (χ4n) is 2.11. The maximum Gasteiger partial charge on any atom is 0.230 e. The molecule has 0 aromatic heterocycles. The number of benzene rings is 2. The van der Waals surface area contributed by atoms with Crippen molar-refractivity contribution in [3.63, 3.8) is 0 Å². The standard InChI is InChI=1S/C19H22N2O3S/c1-2-23-12-13-24-17-10-8-16(9-11-17)20-19(25)21-18(22)14-15-6-4-3-5-7-15/h3-11H,2,12-14H2,1H3,(H2,20,21,22,25). The first-order valence-corrected chi connectivity index (χ1v) is 8.53. The average molecular weight is 358 g/mol. The van der Waals surface area contributed by atoms with Gasteiger partial charge in [-0.05, 0) is 49.0 Å². The van der Waals surface area contributed by atoms with E-state index in [1.807, 2.05) is 61.5 Å². The summed E-state index contributed by atoms with van der Waals surface area (Å²) in [5, 5.41) is 5.92. The summed E-state index contributed by atoms with van der Waals surface area (Å²) in [5.41, 5.74) is 1.72. The zero-order chi connectivity index (χ0) is 17.9. The van der Waals surface area contributed by atoms with Crippen molar-refractivity contribution in [3.8, 4) is 5.75 Å². The molecular formula is C19H22N2O3S.